The quantitative estimate of drug-likeness (QED) is 0.588. The van der Waals surface area contributed by atoms with Crippen LogP contribution in [0.3, 0.4) is 0 Å². The van der Waals surface area contributed by atoms with Crippen molar-refractivity contribution < 1.29 is 9.90 Å². The first-order valence-corrected chi connectivity index (χ1v) is 3.40. The molecule has 0 atom stereocenters. The molecular formula is C9H9O2-. The number of carbonyl (C=O) groups is 1. The summed E-state index contributed by atoms with van der Waals surface area (Å²) in [5.41, 5.74) is 1.82. The average Bonchev–Trinajstić information content (AvgIpc) is 1.85. The summed E-state index contributed by atoms with van der Waals surface area (Å²) in [6.07, 6.45) is 0. The Hall–Kier alpha value is -1.31. The van der Waals surface area contributed by atoms with E-state index < -0.39 is 5.97 Å². The van der Waals surface area contributed by atoms with Crippen molar-refractivity contribution in [2.45, 2.75) is 13.8 Å². The first kappa shape index (κ1) is 7.79. The van der Waals surface area contributed by atoms with Crippen LogP contribution in [-0.2, 0) is 0 Å². The summed E-state index contributed by atoms with van der Waals surface area (Å²) < 4.78 is 0. The van der Waals surface area contributed by atoms with Crippen molar-refractivity contribution in [3.05, 3.63) is 34.9 Å². The first-order chi connectivity index (χ1) is 5.13. The van der Waals surface area contributed by atoms with Crippen molar-refractivity contribution in [3.8, 4) is 0 Å². The molecule has 0 spiro atoms. The first-order valence-electron chi connectivity index (χ1n) is 3.40. The Morgan fingerprint density at radius 2 is 1.73 bits per heavy atom. The van der Waals surface area contributed by atoms with Crippen molar-refractivity contribution in [2.75, 3.05) is 0 Å². The number of aryl methyl sites for hydroxylation is 2. The minimum absolute atomic E-state index is 0.313. The molecule has 0 heterocycles. The molecule has 0 aromatic heterocycles. The van der Waals surface area contributed by atoms with Gasteiger partial charge in [-0.1, -0.05) is 18.2 Å². The highest BCUT2D eigenvalue weighted by atomic mass is 16.4. The fourth-order valence-electron chi connectivity index (χ4n) is 1.14. The fraction of sp³-hybridized carbons (Fsp3) is 0.222. The summed E-state index contributed by atoms with van der Waals surface area (Å²) in [5.74, 6) is -1.10. The third-order valence-corrected chi connectivity index (χ3v) is 1.69. The minimum atomic E-state index is -1.10. The van der Waals surface area contributed by atoms with Crippen molar-refractivity contribution in [3.63, 3.8) is 0 Å². The number of hydrogen-bond acceptors (Lipinski definition) is 2. The second-order valence-electron chi connectivity index (χ2n) is 2.55. The molecule has 1 rings (SSSR count). The summed E-state index contributed by atoms with van der Waals surface area (Å²) in [7, 11) is 0. The second kappa shape index (κ2) is 2.74. The predicted molar refractivity (Wildman–Crippen MR) is 40.2 cm³/mol. The molecule has 0 amide bonds. The highest BCUT2D eigenvalue weighted by Crippen LogP contribution is 2.11. The van der Waals surface area contributed by atoms with Gasteiger partial charge < -0.3 is 9.90 Å². The van der Waals surface area contributed by atoms with E-state index in [9.17, 15) is 9.90 Å². The second-order valence-corrected chi connectivity index (χ2v) is 2.55. The Balaban J connectivity index is 3.32. The van der Waals surface area contributed by atoms with Gasteiger partial charge in [-0.3, -0.25) is 0 Å². The van der Waals surface area contributed by atoms with Gasteiger partial charge in [-0.05, 0) is 25.0 Å². The van der Waals surface area contributed by atoms with Crippen LogP contribution >= 0.6 is 0 Å². The SMILES string of the molecule is Cc1cccc(C)c1C(=O)[O-]. The third kappa shape index (κ3) is 1.40. The molecule has 1 aromatic carbocycles. The minimum Gasteiger partial charge on any atom is -0.545 e. The molecular weight excluding hydrogens is 140 g/mol. The molecule has 2 nitrogen and oxygen atoms in total. The van der Waals surface area contributed by atoms with E-state index in [-0.39, 0.29) is 0 Å². The predicted octanol–water partition coefficient (Wildman–Crippen LogP) is 0.667. The molecule has 0 fully saturated rings. The molecule has 0 bridgehead atoms. The van der Waals surface area contributed by atoms with Crippen LogP contribution in [0.5, 0.6) is 0 Å². The van der Waals surface area contributed by atoms with Crippen molar-refractivity contribution in [1.29, 1.82) is 0 Å². The van der Waals surface area contributed by atoms with Crippen LogP contribution < -0.4 is 5.11 Å². The fourth-order valence-corrected chi connectivity index (χ4v) is 1.14. The Bertz CT molecular complexity index is 269. The molecule has 0 aliphatic rings. The highest BCUT2D eigenvalue weighted by molar-refractivity contribution is 5.89. The zero-order valence-corrected chi connectivity index (χ0v) is 6.55. The third-order valence-electron chi connectivity index (χ3n) is 1.69. The van der Waals surface area contributed by atoms with Crippen LogP contribution in [-0.4, -0.2) is 5.97 Å². The Kier molecular flexibility index (Phi) is 1.94. The number of carboxylic acid groups (broad SMARTS) is 1. The van der Waals surface area contributed by atoms with Gasteiger partial charge in [0.05, 0.1) is 5.97 Å². The molecule has 0 unspecified atom stereocenters. The van der Waals surface area contributed by atoms with Crippen LogP contribution in [0.25, 0.3) is 0 Å². The lowest BCUT2D eigenvalue weighted by Gasteiger charge is -2.09. The van der Waals surface area contributed by atoms with Gasteiger partial charge in [0.1, 0.15) is 0 Å². The van der Waals surface area contributed by atoms with Gasteiger partial charge >= 0.3 is 0 Å². The molecule has 0 radical (unpaired) electrons. The van der Waals surface area contributed by atoms with E-state index in [2.05, 4.69) is 0 Å². The maximum Gasteiger partial charge on any atom is 0.0720 e. The van der Waals surface area contributed by atoms with E-state index >= 15 is 0 Å². The molecule has 1 aromatic rings. The number of carboxylic acids is 1. The van der Waals surface area contributed by atoms with Crippen LogP contribution in [0.1, 0.15) is 21.5 Å². The number of aromatic carboxylic acids is 1. The largest absolute Gasteiger partial charge is 0.545 e. The molecule has 11 heavy (non-hydrogen) atoms. The lowest BCUT2D eigenvalue weighted by Crippen LogP contribution is -2.24. The molecule has 58 valence electrons. The van der Waals surface area contributed by atoms with Crippen molar-refractivity contribution in [2.24, 2.45) is 0 Å². The summed E-state index contributed by atoms with van der Waals surface area (Å²) in [4.78, 5) is 10.5. The molecule has 0 aliphatic heterocycles. The number of rotatable bonds is 1. The summed E-state index contributed by atoms with van der Waals surface area (Å²) >= 11 is 0. The van der Waals surface area contributed by atoms with Gasteiger partial charge in [0.2, 0.25) is 0 Å². The zero-order valence-electron chi connectivity index (χ0n) is 6.55. The normalized spacial score (nSPS) is 9.64. The van der Waals surface area contributed by atoms with Crippen LogP contribution in [0.2, 0.25) is 0 Å². The van der Waals surface area contributed by atoms with E-state index in [0.717, 1.165) is 11.1 Å². The van der Waals surface area contributed by atoms with E-state index in [1.807, 2.05) is 6.07 Å². The summed E-state index contributed by atoms with van der Waals surface area (Å²) in [5, 5.41) is 10.5. The summed E-state index contributed by atoms with van der Waals surface area (Å²) in [6, 6.07) is 5.35. The summed E-state index contributed by atoms with van der Waals surface area (Å²) in [6.45, 7) is 3.52. The van der Waals surface area contributed by atoms with E-state index in [0.29, 0.717) is 5.56 Å². The van der Waals surface area contributed by atoms with Crippen LogP contribution in [0, 0.1) is 13.8 Å². The van der Waals surface area contributed by atoms with Crippen molar-refractivity contribution in [1.82, 2.24) is 0 Å². The number of carbonyl (C=O) groups excluding carboxylic acids is 1. The van der Waals surface area contributed by atoms with E-state index in [1.165, 1.54) is 0 Å². The Labute approximate surface area is 65.5 Å². The zero-order chi connectivity index (χ0) is 8.43. The smallest absolute Gasteiger partial charge is 0.0720 e. The van der Waals surface area contributed by atoms with Gasteiger partial charge in [-0.15, -0.1) is 0 Å². The maximum atomic E-state index is 10.5. The molecule has 0 N–H and O–H groups in total. The lowest BCUT2D eigenvalue weighted by molar-refractivity contribution is -0.255. The monoisotopic (exact) mass is 149 g/mol. The van der Waals surface area contributed by atoms with Crippen LogP contribution in [0.4, 0.5) is 0 Å². The van der Waals surface area contributed by atoms with Gasteiger partial charge in [-0.25, -0.2) is 0 Å². The maximum absolute atomic E-state index is 10.5. The van der Waals surface area contributed by atoms with E-state index in [1.54, 1.807) is 26.0 Å². The Morgan fingerprint density at radius 3 is 2.00 bits per heavy atom. The average molecular weight is 149 g/mol. The lowest BCUT2D eigenvalue weighted by atomic mass is 10.0. The number of benzene rings is 1. The molecule has 0 saturated carbocycles. The molecule has 2 heteroatoms. The van der Waals surface area contributed by atoms with Gasteiger partial charge in [-0.2, -0.15) is 0 Å². The molecule has 0 saturated heterocycles. The van der Waals surface area contributed by atoms with Gasteiger partial charge in [0, 0.05) is 5.56 Å². The van der Waals surface area contributed by atoms with Gasteiger partial charge in [0.15, 0.2) is 0 Å². The van der Waals surface area contributed by atoms with Gasteiger partial charge in [0.25, 0.3) is 0 Å². The van der Waals surface area contributed by atoms with Crippen molar-refractivity contribution >= 4 is 5.97 Å². The Morgan fingerprint density at radius 1 is 1.27 bits per heavy atom. The van der Waals surface area contributed by atoms with Crippen LogP contribution in [0.15, 0.2) is 18.2 Å². The highest BCUT2D eigenvalue weighted by Gasteiger charge is 2.00. The molecule has 0 aliphatic carbocycles. The topological polar surface area (TPSA) is 40.1 Å². The standard InChI is InChI=1S/C9H10O2/c1-6-4-3-5-7(2)8(6)9(10)11/h3-5H,1-2H3,(H,10,11)/p-1. The number of hydrogen-bond donors (Lipinski definition) is 0. The van der Waals surface area contributed by atoms with E-state index in [4.69, 9.17) is 0 Å².